The Hall–Kier alpha value is -0.610. The molecular formula is C12H24N2O2. The summed E-state index contributed by atoms with van der Waals surface area (Å²) in [5.41, 5.74) is 5.90. The number of amides is 1. The van der Waals surface area contributed by atoms with Crippen molar-refractivity contribution in [2.45, 2.75) is 45.1 Å². The van der Waals surface area contributed by atoms with Crippen molar-refractivity contribution >= 4 is 5.91 Å². The Bertz CT molecular complexity index is 209. The molecule has 1 aliphatic rings. The molecule has 2 atom stereocenters. The maximum absolute atomic E-state index is 11.4. The van der Waals surface area contributed by atoms with Gasteiger partial charge in [-0.05, 0) is 32.1 Å². The average Bonchev–Trinajstić information content (AvgIpc) is 2.27. The number of hydrogen-bond donors (Lipinski definition) is 2. The Labute approximate surface area is 97.9 Å². The number of carbonyl (C=O) groups is 1. The van der Waals surface area contributed by atoms with Gasteiger partial charge in [-0.2, -0.15) is 0 Å². The lowest BCUT2D eigenvalue weighted by atomic mass is 9.86. The van der Waals surface area contributed by atoms with Gasteiger partial charge in [-0.15, -0.1) is 0 Å². The molecule has 2 unspecified atom stereocenters. The van der Waals surface area contributed by atoms with Gasteiger partial charge in [-0.25, -0.2) is 0 Å². The van der Waals surface area contributed by atoms with Gasteiger partial charge in [0.2, 0.25) is 5.91 Å². The van der Waals surface area contributed by atoms with E-state index in [9.17, 15) is 4.79 Å². The first-order valence-electron chi connectivity index (χ1n) is 6.32. The van der Waals surface area contributed by atoms with Crippen molar-refractivity contribution in [3.63, 3.8) is 0 Å². The van der Waals surface area contributed by atoms with Crippen molar-refractivity contribution in [3.05, 3.63) is 0 Å². The van der Waals surface area contributed by atoms with E-state index in [-0.39, 0.29) is 5.91 Å². The minimum atomic E-state index is 0.0904. The molecule has 1 fully saturated rings. The fourth-order valence-electron chi connectivity index (χ4n) is 2.17. The molecule has 1 amide bonds. The predicted molar refractivity (Wildman–Crippen MR) is 64.1 cm³/mol. The molecule has 0 aromatic heterocycles. The molecule has 3 N–H and O–H groups in total. The lowest BCUT2D eigenvalue weighted by Crippen LogP contribution is -2.35. The van der Waals surface area contributed by atoms with Gasteiger partial charge in [-0.1, -0.05) is 6.42 Å². The summed E-state index contributed by atoms with van der Waals surface area (Å²) in [6.07, 6.45) is 5.03. The van der Waals surface area contributed by atoms with E-state index in [1.807, 2.05) is 6.92 Å². The Kier molecular flexibility index (Phi) is 6.42. The van der Waals surface area contributed by atoms with Gasteiger partial charge < -0.3 is 15.8 Å². The third kappa shape index (κ3) is 5.47. The van der Waals surface area contributed by atoms with Crippen LogP contribution in [0.4, 0.5) is 0 Å². The van der Waals surface area contributed by atoms with E-state index >= 15 is 0 Å². The minimum absolute atomic E-state index is 0.0904. The monoisotopic (exact) mass is 228 g/mol. The lowest BCUT2D eigenvalue weighted by molar-refractivity contribution is -0.122. The second-order valence-electron chi connectivity index (χ2n) is 4.54. The van der Waals surface area contributed by atoms with Gasteiger partial charge >= 0.3 is 0 Å². The van der Waals surface area contributed by atoms with Crippen molar-refractivity contribution in [1.29, 1.82) is 0 Å². The maximum atomic E-state index is 11.4. The van der Waals surface area contributed by atoms with Crippen LogP contribution in [-0.2, 0) is 9.53 Å². The van der Waals surface area contributed by atoms with E-state index in [2.05, 4.69) is 5.32 Å². The zero-order chi connectivity index (χ0) is 11.8. The van der Waals surface area contributed by atoms with Crippen LogP contribution in [0.25, 0.3) is 0 Å². The second kappa shape index (κ2) is 7.63. The van der Waals surface area contributed by atoms with E-state index < -0.39 is 0 Å². The summed E-state index contributed by atoms with van der Waals surface area (Å²) < 4.78 is 5.13. The number of nitrogens with one attached hydrogen (secondary N) is 1. The minimum Gasteiger partial charge on any atom is -0.381 e. The predicted octanol–water partition coefficient (Wildman–Crippen LogP) is 1.05. The van der Waals surface area contributed by atoms with E-state index in [4.69, 9.17) is 10.5 Å². The van der Waals surface area contributed by atoms with Crippen molar-refractivity contribution in [2.75, 3.05) is 19.8 Å². The average molecular weight is 228 g/mol. The molecule has 1 saturated carbocycles. The van der Waals surface area contributed by atoms with Gasteiger partial charge in [0.1, 0.15) is 0 Å². The fraction of sp³-hybridized carbons (Fsp3) is 0.917. The molecule has 0 saturated heterocycles. The van der Waals surface area contributed by atoms with E-state index in [1.54, 1.807) is 0 Å². The Morgan fingerprint density at radius 1 is 1.50 bits per heavy atom. The topological polar surface area (TPSA) is 64.3 Å². The van der Waals surface area contributed by atoms with Gasteiger partial charge in [-0.3, -0.25) is 4.79 Å². The first-order chi connectivity index (χ1) is 7.72. The molecular weight excluding hydrogens is 204 g/mol. The summed E-state index contributed by atoms with van der Waals surface area (Å²) in [7, 11) is 0. The molecule has 0 aromatic rings. The molecule has 0 aromatic carbocycles. The Morgan fingerprint density at radius 3 is 3.00 bits per heavy atom. The first kappa shape index (κ1) is 13.5. The maximum Gasteiger partial charge on any atom is 0.222 e. The molecule has 1 rings (SSSR count). The highest BCUT2D eigenvalue weighted by Crippen LogP contribution is 2.22. The first-order valence-corrected chi connectivity index (χ1v) is 6.32. The highest BCUT2D eigenvalue weighted by atomic mass is 16.5. The van der Waals surface area contributed by atoms with Crippen LogP contribution in [0, 0.1) is 5.92 Å². The quantitative estimate of drug-likeness (QED) is 0.668. The van der Waals surface area contributed by atoms with Crippen LogP contribution in [0.1, 0.15) is 39.0 Å². The largest absolute Gasteiger partial charge is 0.381 e. The lowest BCUT2D eigenvalue weighted by Gasteiger charge is -2.26. The molecule has 16 heavy (non-hydrogen) atoms. The molecule has 0 bridgehead atoms. The van der Waals surface area contributed by atoms with Gasteiger partial charge in [0.25, 0.3) is 0 Å². The fourth-order valence-corrected chi connectivity index (χ4v) is 2.17. The van der Waals surface area contributed by atoms with Crippen molar-refractivity contribution in [3.8, 4) is 0 Å². The van der Waals surface area contributed by atoms with Crippen molar-refractivity contribution in [2.24, 2.45) is 11.7 Å². The molecule has 4 nitrogen and oxygen atoms in total. The number of hydrogen-bond acceptors (Lipinski definition) is 3. The summed E-state index contributed by atoms with van der Waals surface area (Å²) in [4.78, 5) is 11.4. The van der Waals surface area contributed by atoms with E-state index in [1.165, 1.54) is 12.8 Å². The summed E-state index contributed by atoms with van der Waals surface area (Å²) in [6.45, 7) is 3.90. The molecule has 0 heterocycles. The summed E-state index contributed by atoms with van der Waals surface area (Å²) in [6, 6.07) is 0.332. The standard InChI is InChI=1S/C12H24N2O2/c1-2-16-7-6-12(15)14-9-10-4-3-5-11(13)8-10/h10-11H,2-9,13H2,1H3,(H,14,15). The Balaban J connectivity index is 2.06. The zero-order valence-corrected chi connectivity index (χ0v) is 10.2. The third-order valence-corrected chi connectivity index (χ3v) is 3.09. The summed E-state index contributed by atoms with van der Waals surface area (Å²) in [5, 5.41) is 2.96. The summed E-state index contributed by atoms with van der Waals surface area (Å²) in [5.74, 6) is 0.660. The van der Waals surface area contributed by atoms with Crippen LogP contribution in [-0.4, -0.2) is 31.7 Å². The summed E-state index contributed by atoms with van der Waals surface area (Å²) >= 11 is 0. The highest BCUT2D eigenvalue weighted by Gasteiger charge is 2.19. The Morgan fingerprint density at radius 2 is 2.31 bits per heavy atom. The van der Waals surface area contributed by atoms with Crippen LogP contribution in [0.3, 0.4) is 0 Å². The molecule has 0 radical (unpaired) electrons. The molecule has 1 aliphatic carbocycles. The number of nitrogens with two attached hydrogens (primary N) is 1. The van der Waals surface area contributed by atoms with Crippen LogP contribution in [0.2, 0.25) is 0 Å². The van der Waals surface area contributed by atoms with Crippen molar-refractivity contribution < 1.29 is 9.53 Å². The normalized spacial score (nSPS) is 25.4. The van der Waals surface area contributed by atoms with E-state index in [0.29, 0.717) is 31.6 Å². The van der Waals surface area contributed by atoms with Crippen LogP contribution < -0.4 is 11.1 Å². The smallest absolute Gasteiger partial charge is 0.222 e. The van der Waals surface area contributed by atoms with Crippen LogP contribution >= 0.6 is 0 Å². The van der Waals surface area contributed by atoms with Crippen molar-refractivity contribution in [1.82, 2.24) is 5.32 Å². The second-order valence-corrected chi connectivity index (χ2v) is 4.54. The molecule has 0 aliphatic heterocycles. The number of rotatable bonds is 6. The van der Waals surface area contributed by atoms with Crippen LogP contribution in [0.5, 0.6) is 0 Å². The zero-order valence-electron chi connectivity index (χ0n) is 10.2. The highest BCUT2D eigenvalue weighted by molar-refractivity contribution is 5.75. The van der Waals surface area contributed by atoms with Crippen LogP contribution in [0.15, 0.2) is 0 Å². The SMILES string of the molecule is CCOCCC(=O)NCC1CCCC(N)C1. The van der Waals surface area contributed by atoms with Gasteiger partial charge in [0.15, 0.2) is 0 Å². The third-order valence-electron chi connectivity index (χ3n) is 3.09. The van der Waals surface area contributed by atoms with E-state index in [0.717, 1.165) is 19.4 Å². The van der Waals surface area contributed by atoms with Gasteiger partial charge in [0.05, 0.1) is 6.61 Å². The molecule has 94 valence electrons. The number of carbonyl (C=O) groups excluding carboxylic acids is 1. The van der Waals surface area contributed by atoms with Gasteiger partial charge in [0, 0.05) is 25.6 Å². The molecule has 0 spiro atoms. The molecule has 4 heteroatoms. The number of ether oxygens (including phenoxy) is 1.